The van der Waals surface area contributed by atoms with Crippen molar-refractivity contribution in [2.24, 2.45) is 10.7 Å². The molecular weight excluding hydrogens is 316 g/mol. The van der Waals surface area contributed by atoms with Gasteiger partial charge in [0.2, 0.25) is 0 Å². The predicted octanol–water partition coefficient (Wildman–Crippen LogP) is 2.92. The number of hydrogen-bond donors (Lipinski definition) is 1. The van der Waals surface area contributed by atoms with Crippen LogP contribution >= 0.6 is 11.8 Å². The Kier molecular flexibility index (Phi) is 6.44. The van der Waals surface area contributed by atoms with E-state index in [1.807, 2.05) is 11.8 Å². The number of nitrogens with zero attached hydrogens (tertiary/aromatic N) is 3. The highest BCUT2D eigenvalue weighted by Gasteiger charge is 2.18. The van der Waals surface area contributed by atoms with Gasteiger partial charge in [0.25, 0.3) is 0 Å². The molecule has 0 aromatic heterocycles. The molecule has 0 aliphatic carbocycles. The van der Waals surface area contributed by atoms with Crippen molar-refractivity contribution in [1.82, 2.24) is 9.80 Å². The molecule has 2 aliphatic rings. The first kappa shape index (κ1) is 17.6. The lowest BCUT2D eigenvalue weighted by molar-refractivity contribution is 0.152. The van der Waals surface area contributed by atoms with Gasteiger partial charge in [-0.05, 0) is 37.4 Å². The maximum absolute atomic E-state index is 6.13. The Balaban J connectivity index is 1.52. The molecular formula is C19H30N4S. The summed E-state index contributed by atoms with van der Waals surface area (Å²) in [5.41, 5.74) is 8.76. The molecule has 0 amide bonds. The zero-order valence-corrected chi connectivity index (χ0v) is 15.6. The Labute approximate surface area is 150 Å². The summed E-state index contributed by atoms with van der Waals surface area (Å²) >= 11 is 1.99. The third kappa shape index (κ3) is 4.90. The van der Waals surface area contributed by atoms with Gasteiger partial charge in [-0.2, -0.15) is 11.8 Å². The van der Waals surface area contributed by atoms with Crippen molar-refractivity contribution in [2.45, 2.75) is 45.3 Å². The third-order valence-electron chi connectivity index (χ3n) is 5.11. The first-order chi connectivity index (χ1) is 11.7. The number of aliphatic imine (C=N–C) groups is 1. The van der Waals surface area contributed by atoms with Gasteiger partial charge in [-0.25, -0.2) is 4.99 Å². The molecule has 0 saturated carbocycles. The van der Waals surface area contributed by atoms with Crippen LogP contribution in [0.3, 0.4) is 0 Å². The number of piperidine rings is 1. The van der Waals surface area contributed by atoms with Gasteiger partial charge in [0.1, 0.15) is 0 Å². The van der Waals surface area contributed by atoms with E-state index in [-0.39, 0.29) is 0 Å². The first-order valence-corrected chi connectivity index (χ1v) is 10.3. The average molecular weight is 347 g/mol. The van der Waals surface area contributed by atoms with Crippen LogP contribution in [0, 0.1) is 0 Å². The Morgan fingerprint density at radius 3 is 2.54 bits per heavy atom. The number of nitrogens with two attached hydrogens (primary N) is 1. The van der Waals surface area contributed by atoms with E-state index in [4.69, 9.17) is 5.73 Å². The lowest BCUT2D eigenvalue weighted by atomic mass is 10.0. The van der Waals surface area contributed by atoms with Crippen LogP contribution in [0.15, 0.2) is 29.3 Å². The van der Waals surface area contributed by atoms with Crippen LogP contribution in [-0.2, 0) is 13.1 Å². The second-order valence-corrected chi connectivity index (χ2v) is 8.13. The van der Waals surface area contributed by atoms with Crippen LogP contribution in [0.4, 0.5) is 0 Å². The molecule has 0 radical (unpaired) electrons. The van der Waals surface area contributed by atoms with Crippen LogP contribution in [0.25, 0.3) is 0 Å². The lowest BCUT2D eigenvalue weighted by Crippen LogP contribution is -2.42. The first-order valence-electron chi connectivity index (χ1n) is 9.17. The van der Waals surface area contributed by atoms with Crippen LogP contribution in [0.5, 0.6) is 0 Å². The molecule has 3 rings (SSSR count). The number of thioether (sulfide) groups is 1. The van der Waals surface area contributed by atoms with Crippen LogP contribution < -0.4 is 5.73 Å². The van der Waals surface area contributed by atoms with Crippen molar-refractivity contribution in [3.05, 3.63) is 35.4 Å². The highest BCUT2D eigenvalue weighted by atomic mass is 32.2. The monoisotopic (exact) mass is 346 g/mol. The molecule has 0 spiro atoms. The van der Waals surface area contributed by atoms with E-state index in [1.54, 1.807) is 0 Å². The summed E-state index contributed by atoms with van der Waals surface area (Å²) in [6.07, 6.45) is 4.05. The third-order valence-corrected chi connectivity index (χ3v) is 6.05. The number of rotatable bonds is 4. The van der Waals surface area contributed by atoms with Gasteiger partial charge < -0.3 is 10.6 Å². The van der Waals surface area contributed by atoms with E-state index in [9.17, 15) is 0 Å². The van der Waals surface area contributed by atoms with Gasteiger partial charge in [-0.3, -0.25) is 4.90 Å². The van der Waals surface area contributed by atoms with E-state index in [0.29, 0.717) is 18.5 Å². The number of benzene rings is 1. The van der Waals surface area contributed by atoms with Gasteiger partial charge in [0, 0.05) is 37.2 Å². The van der Waals surface area contributed by atoms with Crippen molar-refractivity contribution in [3.63, 3.8) is 0 Å². The Morgan fingerprint density at radius 2 is 1.83 bits per heavy atom. The van der Waals surface area contributed by atoms with Crippen molar-refractivity contribution in [2.75, 3.05) is 31.1 Å². The smallest absolute Gasteiger partial charge is 0.191 e. The van der Waals surface area contributed by atoms with Gasteiger partial charge in [0.05, 0.1) is 6.54 Å². The fraction of sp³-hybridized carbons (Fsp3) is 0.632. The second kappa shape index (κ2) is 8.77. The van der Waals surface area contributed by atoms with E-state index >= 15 is 0 Å². The molecule has 132 valence electrons. The van der Waals surface area contributed by atoms with Crippen molar-refractivity contribution < 1.29 is 0 Å². The normalized spacial score (nSPS) is 23.5. The summed E-state index contributed by atoms with van der Waals surface area (Å²) in [5, 5.41) is 0. The van der Waals surface area contributed by atoms with Crippen LogP contribution in [-0.4, -0.2) is 52.9 Å². The molecule has 2 aliphatic heterocycles. The fourth-order valence-electron chi connectivity index (χ4n) is 3.44. The molecule has 1 aromatic rings. The minimum Gasteiger partial charge on any atom is -0.370 e. The summed E-state index contributed by atoms with van der Waals surface area (Å²) in [7, 11) is 0. The molecule has 2 N–H and O–H groups in total. The van der Waals surface area contributed by atoms with Crippen molar-refractivity contribution >= 4 is 17.7 Å². The summed E-state index contributed by atoms with van der Waals surface area (Å²) in [6.45, 7) is 7.37. The highest BCUT2D eigenvalue weighted by molar-refractivity contribution is 7.99. The molecule has 24 heavy (non-hydrogen) atoms. The maximum atomic E-state index is 6.13. The van der Waals surface area contributed by atoms with Gasteiger partial charge >= 0.3 is 0 Å². The van der Waals surface area contributed by atoms with Gasteiger partial charge in [-0.15, -0.1) is 0 Å². The molecule has 5 heteroatoms. The zero-order chi connectivity index (χ0) is 16.8. The minimum absolute atomic E-state index is 0.676. The Hall–Kier alpha value is -1.20. The standard InChI is InChI=1S/C19H30N4S/c1-16-4-2-3-9-23(16)15-18-7-5-17(6-8-18)14-21-19(20)22-10-12-24-13-11-22/h5-8,16H,2-4,9-15H2,1H3,(H2,20,21). The minimum atomic E-state index is 0.676. The molecule has 1 aromatic carbocycles. The molecule has 1 unspecified atom stereocenters. The lowest BCUT2D eigenvalue weighted by Gasteiger charge is -2.33. The zero-order valence-electron chi connectivity index (χ0n) is 14.8. The number of guanidine groups is 1. The Bertz CT molecular complexity index is 537. The topological polar surface area (TPSA) is 44.9 Å². The van der Waals surface area contributed by atoms with Crippen molar-refractivity contribution in [3.8, 4) is 0 Å². The SMILES string of the molecule is CC1CCCCN1Cc1ccc(CN=C(N)N2CCSCC2)cc1. The Morgan fingerprint density at radius 1 is 1.12 bits per heavy atom. The average Bonchev–Trinajstić information content (AvgIpc) is 2.63. The largest absolute Gasteiger partial charge is 0.370 e. The quantitative estimate of drug-likeness (QED) is 0.672. The highest BCUT2D eigenvalue weighted by Crippen LogP contribution is 2.19. The number of likely N-dealkylation sites (tertiary alicyclic amines) is 1. The van der Waals surface area contributed by atoms with E-state index in [1.165, 1.54) is 36.9 Å². The van der Waals surface area contributed by atoms with Crippen molar-refractivity contribution in [1.29, 1.82) is 0 Å². The van der Waals surface area contributed by atoms with E-state index in [0.717, 1.165) is 31.1 Å². The van der Waals surface area contributed by atoms with Crippen LogP contribution in [0.2, 0.25) is 0 Å². The van der Waals surface area contributed by atoms with E-state index in [2.05, 4.69) is 46.0 Å². The van der Waals surface area contributed by atoms with E-state index < -0.39 is 0 Å². The second-order valence-electron chi connectivity index (χ2n) is 6.91. The molecule has 4 nitrogen and oxygen atoms in total. The summed E-state index contributed by atoms with van der Waals surface area (Å²) in [6, 6.07) is 9.62. The molecule has 1 atom stereocenters. The molecule has 0 bridgehead atoms. The van der Waals surface area contributed by atoms with Gasteiger partial charge in [-0.1, -0.05) is 30.7 Å². The summed E-state index contributed by atoms with van der Waals surface area (Å²) in [5.74, 6) is 3.00. The van der Waals surface area contributed by atoms with Gasteiger partial charge in [0.15, 0.2) is 5.96 Å². The maximum Gasteiger partial charge on any atom is 0.191 e. The molecule has 2 heterocycles. The fourth-order valence-corrected chi connectivity index (χ4v) is 4.34. The summed E-state index contributed by atoms with van der Waals surface area (Å²) in [4.78, 5) is 9.37. The molecule has 2 fully saturated rings. The van der Waals surface area contributed by atoms with Crippen LogP contribution in [0.1, 0.15) is 37.3 Å². The molecule has 2 saturated heterocycles. The summed E-state index contributed by atoms with van der Waals surface area (Å²) < 4.78 is 0. The number of hydrogen-bond acceptors (Lipinski definition) is 3. The predicted molar refractivity (Wildman–Crippen MR) is 104 cm³/mol.